The smallest absolute Gasteiger partial charge is 0.322 e. The lowest BCUT2D eigenvalue weighted by molar-refractivity contribution is -0.384. The number of non-ortho nitro benzene ring substituents is 1. The molecule has 0 bridgehead atoms. The van der Waals surface area contributed by atoms with Crippen molar-refractivity contribution in [2.45, 2.75) is 19.9 Å². The third-order valence-corrected chi connectivity index (χ3v) is 3.51. The van der Waals surface area contributed by atoms with Crippen molar-refractivity contribution < 1.29 is 9.72 Å². The minimum atomic E-state index is -0.468. The van der Waals surface area contributed by atoms with E-state index in [2.05, 4.69) is 5.32 Å². The fourth-order valence-corrected chi connectivity index (χ4v) is 2.25. The van der Waals surface area contributed by atoms with Crippen molar-refractivity contribution in [1.29, 1.82) is 0 Å². The Morgan fingerprint density at radius 2 is 2.00 bits per heavy atom. The number of aryl methyl sites for hydroxylation is 1. The summed E-state index contributed by atoms with van der Waals surface area (Å²) in [6, 6.07) is 9.50. The van der Waals surface area contributed by atoms with Gasteiger partial charge < -0.3 is 14.8 Å². The molecule has 0 aliphatic rings. The first-order chi connectivity index (χ1) is 11.0. The second-order valence-electron chi connectivity index (χ2n) is 5.27. The molecule has 0 fully saturated rings. The Bertz CT molecular complexity index is 679. The molecule has 0 atom stereocenters. The maximum Gasteiger partial charge on any atom is 0.322 e. The van der Waals surface area contributed by atoms with Gasteiger partial charge in [0.2, 0.25) is 0 Å². The molecule has 2 amide bonds. The van der Waals surface area contributed by atoms with Gasteiger partial charge in [-0.3, -0.25) is 10.1 Å². The summed E-state index contributed by atoms with van der Waals surface area (Å²) >= 11 is 0. The van der Waals surface area contributed by atoms with E-state index in [-0.39, 0.29) is 11.7 Å². The van der Waals surface area contributed by atoms with Crippen LogP contribution in [0, 0.1) is 10.1 Å². The fourth-order valence-electron chi connectivity index (χ4n) is 2.25. The van der Waals surface area contributed by atoms with Gasteiger partial charge in [0.15, 0.2) is 0 Å². The van der Waals surface area contributed by atoms with Crippen molar-refractivity contribution in [1.82, 2.24) is 9.47 Å². The van der Waals surface area contributed by atoms with Crippen molar-refractivity contribution in [2.24, 2.45) is 7.05 Å². The normalized spacial score (nSPS) is 10.3. The molecular weight excluding hydrogens is 296 g/mol. The number of aromatic nitrogens is 1. The average molecular weight is 316 g/mol. The first-order valence-corrected chi connectivity index (χ1v) is 7.42. The molecule has 0 aliphatic heterocycles. The molecule has 0 aliphatic carbocycles. The Balaban J connectivity index is 2.05. The van der Waals surface area contributed by atoms with Gasteiger partial charge in [0.1, 0.15) is 0 Å². The molecule has 7 nitrogen and oxygen atoms in total. The number of carbonyl (C=O) groups is 1. The number of nitrogens with one attached hydrogen (secondary N) is 1. The van der Waals surface area contributed by atoms with Crippen LogP contribution in [0.2, 0.25) is 0 Å². The SMILES string of the molecule is CCCN(Cc1cccn1C)C(=O)Nc1ccc([N+](=O)[O-])cc1. The zero-order valence-corrected chi connectivity index (χ0v) is 13.2. The average Bonchev–Trinajstić information content (AvgIpc) is 2.92. The predicted molar refractivity (Wildman–Crippen MR) is 88.2 cm³/mol. The van der Waals surface area contributed by atoms with Crippen molar-refractivity contribution in [3.05, 3.63) is 58.4 Å². The van der Waals surface area contributed by atoms with E-state index in [9.17, 15) is 14.9 Å². The molecule has 0 saturated heterocycles. The molecule has 0 saturated carbocycles. The van der Waals surface area contributed by atoms with Crippen LogP contribution < -0.4 is 5.32 Å². The number of urea groups is 1. The Kier molecular flexibility index (Phi) is 5.35. The number of rotatable bonds is 6. The van der Waals surface area contributed by atoms with E-state index in [0.29, 0.717) is 18.8 Å². The molecule has 2 rings (SSSR count). The van der Waals surface area contributed by atoms with Crippen LogP contribution in [-0.4, -0.2) is 27.0 Å². The zero-order chi connectivity index (χ0) is 16.8. The summed E-state index contributed by atoms with van der Waals surface area (Å²) in [4.78, 5) is 24.3. The van der Waals surface area contributed by atoms with Crippen molar-refractivity contribution in [3.63, 3.8) is 0 Å². The fraction of sp³-hybridized carbons (Fsp3) is 0.312. The van der Waals surface area contributed by atoms with Gasteiger partial charge in [-0.2, -0.15) is 0 Å². The van der Waals surface area contributed by atoms with E-state index in [1.165, 1.54) is 24.3 Å². The van der Waals surface area contributed by atoms with Gasteiger partial charge in [-0.1, -0.05) is 6.92 Å². The number of nitro groups is 1. The Hall–Kier alpha value is -2.83. The molecular formula is C16H20N4O3. The monoisotopic (exact) mass is 316 g/mol. The minimum absolute atomic E-state index is 0.00257. The minimum Gasteiger partial charge on any atom is -0.353 e. The number of carbonyl (C=O) groups excluding carboxylic acids is 1. The quantitative estimate of drug-likeness (QED) is 0.655. The van der Waals surface area contributed by atoms with E-state index < -0.39 is 4.92 Å². The summed E-state index contributed by atoms with van der Waals surface area (Å²) in [7, 11) is 1.94. The Morgan fingerprint density at radius 3 is 2.52 bits per heavy atom. The van der Waals surface area contributed by atoms with Gasteiger partial charge >= 0.3 is 6.03 Å². The lowest BCUT2D eigenvalue weighted by Crippen LogP contribution is -2.35. The van der Waals surface area contributed by atoms with Crippen LogP contribution in [0.3, 0.4) is 0 Å². The van der Waals surface area contributed by atoms with Crippen molar-refractivity contribution in [3.8, 4) is 0 Å². The van der Waals surface area contributed by atoms with E-state index in [0.717, 1.165) is 12.1 Å². The number of nitro benzene ring substituents is 1. The van der Waals surface area contributed by atoms with E-state index in [1.807, 2.05) is 36.9 Å². The molecule has 0 radical (unpaired) electrons. The van der Waals surface area contributed by atoms with Crippen molar-refractivity contribution in [2.75, 3.05) is 11.9 Å². The predicted octanol–water partition coefficient (Wildman–Crippen LogP) is 3.38. The molecule has 1 heterocycles. The van der Waals surface area contributed by atoms with Gasteiger partial charge in [-0.05, 0) is 30.7 Å². The second kappa shape index (κ2) is 7.44. The highest BCUT2D eigenvalue weighted by Gasteiger charge is 2.15. The van der Waals surface area contributed by atoms with Gasteiger partial charge in [-0.15, -0.1) is 0 Å². The zero-order valence-electron chi connectivity index (χ0n) is 13.2. The van der Waals surface area contributed by atoms with Crippen LogP contribution in [0.15, 0.2) is 42.6 Å². The molecule has 1 N–H and O–H groups in total. The van der Waals surface area contributed by atoms with Crippen molar-refractivity contribution >= 4 is 17.4 Å². The van der Waals surface area contributed by atoms with Crippen LogP contribution in [0.5, 0.6) is 0 Å². The summed E-state index contributed by atoms with van der Waals surface area (Å²) < 4.78 is 1.97. The summed E-state index contributed by atoms with van der Waals surface area (Å²) in [5, 5.41) is 13.4. The maximum absolute atomic E-state index is 12.4. The Labute approximate surface area is 134 Å². The molecule has 1 aromatic carbocycles. The highest BCUT2D eigenvalue weighted by molar-refractivity contribution is 5.89. The number of hydrogen-bond acceptors (Lipinski definition) is 3. The van der Waals surface area contributed by atoms with Crippen LogP contribution in [0.25, 0.3) is 0 Å². The van der Waals surface area contributed by atoms with Gasteiger partial charge in [0.25, 0.3) is 5.69 Å². The lowest BCUT2D eigenvalue weighted by Gasteiger charge is -2.23. The number of nitrogens with zero attached hydrogens (tertiary/aromatic N) is 3. The molecule has 122 valence electrons. The molecule has 2 aromatic rings. The van der Waals surface area contributed by atoms with E-state index in [1.54, 1.807) is 4.90 Å². The number of amides is 2. The molecule has 0 unspecified atom stereocenters. The van der Waals surface area contributed by atoms with Gasteiger partial charge in [0, 0.05) is 43.3 Å². The topological polar surface area (TPSA) is 80.4 Å². The molecule has 1 aromatic heterocycles. The first kappa shape index (κ1) is 16.5. The summed E-state index contributed by atoms with van der Waals surface area (Å²) in [5.74, 6) is 0. The standard InChI is InChI=1S/C16H20N4O3/c1-3-10-19(12-15-5-4-11-18(15)2)16(21)17-13-6-8-14(9-7-13)20(22)23/h4-9,11H,3,10,12H2,1-2H3,(H,17,21). The molecule has 23 heavy (non-hydrogen) atoms. The molecule has 0 spiro atoms. The maximum atomic E-state index is 12.4. The number of anilines is 1. The van der Waals surface area contributed by atoms with Crippen LogP contribution in [0.4, 0.5) is 16.2 Å². The van der Waals surface area contributed by atoms with Crippen LogP contribution >= 0.6 is 0 Å². The second-order valence-corrected chi connectivity index (χ2v) is 5.27. The first-order valence-electron chi connectivity index (χ1n) is 7.42. The van der Waals surface area contributed by atoms with Crippen LogP contribution in [0.1, 0.15) is 19.0 Å². The van der Waals surface area contributed by atoms with E-state index in [4.69, 9.17) is 0 Å². The van der Waals surface area contributed by atoms with E-state index >= 15 is 0 Å². The third-order valence-electron chi connectivity index (χ3n) is 3.51. The summed E-state index contributed by atoms with van der Waals surface area (Å²) in [6.45, 7) is 3.15. The highest BCUT2D eigenvalue weighted by atomic mass is 16.6. The molecule has 7 heteroatoms. The largest absolute Gasteiger partial charge is 0.353 e. The van der Waals surface area contributed by atoms with Gasteiger partial charge in [0.05, 0.1) is 11.5 Å². The number of benzene rings is 1. The van der Waals surface area contributed by atoms with Gasteiger partial charge in [-0.25, -0.2) is 4.79 Å². The highest BCUT2D eigenvalue weighted by Crippen LogP contribution is 2.16. The summed E-state index contributed by atoms with van der Waals surface area (Å²) in [6.07, 6.45) is 2.78. The lowest BCUT2D eigenvalue weighted by atomic mass is 10.3. The third kappa shape index (κ3) is 4.32. The number of hydrogen-bond donors (Lipinski definition) is 1. The Morgan fingerprint density at radius 1 is 1.30 bits per heavy atom. The van der Waals surface area contributed by atoms with Crippen LogP contribution in [-0.2, 0) is 13.6 Å². The summed E-state index contributed by atoms with van der Waals surface area (Å²) in [5.41, 5.74) is 1.57.